The van der Waals surface area contributed by atoms with Gasteiger partial charge in [0.05, 0.1) is 0 Å². The van der Waals surface area contributed by atoms with Crippen LogP contribution in [0.4, 0.5) is 11.6 Å². The third kappa shape index (κ3) is 5.52. The van der Waals surface area contributed by atoms with E-state index in [1.165, 1.54) is 25.7 Å². The molecule has 17 heavy (non-hydrogen) atoms. The molecule has 1 aromatic heterocycles. The van der Waals surface area contributed by atoms with Crippen LogP contribution in [-0.4, -0.2) is 23.1 Å². The minimum Gasteiger partial charge on any atom is -0.370 e. The Morgan fingerprint density at radius 3 is 2.35 bits per heavy atom. The van der Waals surface area contributed by atoms with Crippen molar-refractivity contribution in [3.8, 4) is 0 Å². The highest BCUT2D eigenvalue weighted by Crippen LogP contribution is 2.11. The lowest BCUT2D eigenvalue weighted by atomic mass is 10.2. The number of hydrogen-bond acceptors (Lipinski definition) is 4. The minimum atomic E-state index is 0.805. The topological polar surface area (TPSA) is 49.8 Å². The van der Waals surface area contributed by atoms with Crippen LogP contribution >= 0.6 is 0 Å². The van der Waals surface area contributed by atoms with E-state index in [0.717, 1.165) is 30.5 Å². The number of nitrogens with one attached hydrogen (secondary N) is 2. The Morgan fingerprint density at radius 1 is 1.00 bits per heavy atom. The van der Waals surface area contributed by atoms with Crippen molar-refractivity contribution in [2.24, 2.45) is 0 Å². The SMILES string of the molecule is CCCCCCNc1cc(NCC)nc(C)n1. The fourth-order valence-corrected chi connectivity index (χ4v) is 1.70. The molecule has 96 valence electrons. The van der Waals surface area contributed by atoms with Gasteiger partial charge < -0.3 is 10.6 Å². The van der Waals surface area contributed by atoms with Crippen LogP contribution in [0, 0.1) is 6.92 Å². The van der Waals surface area contributed by atoms with Crippen LogP contribution in [0.5, 0.6) is 0 Å². The normalized spacial score (nSPS) is 10.3. The molecule has 1 aromatic rings. The highest BCUT2D eigenvalue weighted by atomic mass is 15.1. The molecule has 0 amide bonds. The zero-order valence-electron chi connectivity index (χ0n) is 11.2. The van der Waals surface area contributed by atoms with E-state index in [2.05, 4.69) is 34.4 Å². The zero-order chi connectivity index (χ0) is 12.5. The van der Waals surface area contributed by atoms with Gasteiger partial charge in [-0.05, 0) is 20.3 Å². The first-order chi connectivity index (χ1) is 8.26. The molecule has 0 aliphatic rings. The molecular formula is C13H24N4. The maximum Gasteiger partial charge on any atom is 0.131 e. The molecule has 0 radical (unpaired) electrons. The largest absolute Gasteiger partial charge is 0.370 e. The van der Waals surface area contributed by atoms with Crippen LogP contribution < -0.4 is 10.6 Å². The molecule has 2 N–H and O–H groups in total. The fraction of sp³-hybridized carbons (Fsp3) is 0.692. The van der Waals surface area contributed by atoms with Gasteiger partial charge in [-0.1, -0.05) is 26.2 Å². The van der Waals surface area contributed by atoms with E-state index in [4.69, 9.17) is 0 Å². The van der Waals surface area contributed by atoms with E-state index in [1.807, 2.05) is 13.0 Å². The number of hydrogen-bond donors (Lipinski definition) is 2. The predicted octanol–water partition coefficient (Wildman–Crippen LogP) is 3.21. The van der Waals surface area contributed by atoms with Gasteiger partial charge in [0, 0.05) is 19.2 Å². The number of anilines is 2. The number of nitrogens with zero attached hydrogens (tertiary/aromatic N) is 2. The molecule has 0 saturated carbocycles. The number of aromatic nitrogens is 2. The molecule has 0 aliphatic carbocycles. The third-order valence-electron chi connectivity index (χ3n) is 2.53. The van der Waals surface area contributed by atoms with Crippen LogP contribution in [0.25, 0.3) is 0 Å². The Bertz CT molecular complexity index is 325. The summed E-state index contributed by atoms with van der Waals surface area (Å²) in [6.45, 7) is 8.08. The van der Waals surface area contributed by atoms with Crippen molar-refractivity contribution >= 4 is 11.6 Å². The summed E-state index contributed by atoms with van der Waals surface area (Å²) in [6, 6.07) is 1.97. The van der Waals surface area contributed by atoms with Crippen LogP contribution in [0.3, 0.4) is 0 Å². The summed E-state index contributed by atoms with van der Waals surface area (Å²) in [4.78, 5) is 8.69. The van der Waals surface area contributed by atoms with E-state index in [-0.39, 0.29) is 0 Å². The molecule has 0 fully saturated rings. The Kier molecular flexibility index (Phi) is 6.37. The van der Waals surface area contributed by atoms with Crippen molar-refractivity contribution in [2.75, 3.05) is 23.7 Å². The maximum absolute atomic E-state index is 4.37. The summed E-state index contributed by atoms with van der Waals surface area (Å²) < 4.78 is 0. The van der Waals surface area contributed by atoms with Gasteiger partial charge in [0.2, 0.25) is 0 Å². The summed E-state index contributed by atoms with van der Waals surface area (Å²) in [7, 11) is 0. The van der Waals surface area contributed by atoms with E-state index in [1.54, 1.807) is 0 Å². The molecule has 0 aromatic carbocycles. The van der Waals surface area contributed by atoms with Gasteiger partial charge in [-0.15, -0.1) is 0 Å². The average Bonchev–Trinajstić information content (AvgIpc) is 2.28. The van der Waals surface area contributed by atoms with Crippen molar-refractivity contribution in [2.45, 2.75) is 46.5 Å². The third-order valence-corrected chi connectivity index (χ3v) is 2.53. The van der Waals surface area contributed by atoms with Gasteiger partial charge in [-0.25, -0.2) is 9.97 Å². The summed E-state index contributed by atoms with van der Waals surface area (Å²) in [5.74, 6) is 2.63. The summed E-state index contributed by atoms with van der Waals surface area (Å²) in [6.07, 6.45) is 5.07. The first kappa shape index (κ1) is 13.7. The average molecular weight is 236 g/mol. The second-order valence-electron chi connectivity index (χ2n) is 4.20. The zero-order valence-corrected chi connectivity index (χ0v) is 11.2. The van der Waals surface area contributed by atoms with Crippen LogP contribution in [0.2, 0.25) is 0 Å². The second-order valence-corrected chi connectivity index (χ2v) is 4.20. The monoisotopic (exact) mass is 236 g/mol. The molecule has 1 rings (SSSR count). The van der Waals surface area contributed by atoms with Crippen LogP contribution in [0.15, 0.2) is 6.07 Å². The van der Waals surface area contributed by atoms with Crippen LogP contribution in [-0.2, 0) is 0 Å². The van der Waals surface area contributed by atoms with Gasteiger partial charge in [0.15, 0.2) is 0 Å². The standard InChI is InChI=1S/C13H24N4/c1-4-6-7-8-9-15-13-10-12(14-5-2)16-11(3)17-13/h10H,4-9H2,1-3H3,(H2,14,15,16,17). The molecular weight excluding hydrogens is 212 g/mol. The smallest absolute Gasteiger partial charge is 0.131 e. The maximum atomic E-state index is 4.37. The number of rotatable bonds is 8. The van der Waals surface area contributed by atoms with Gasteiger partial charge >= 0.3 is 0 Å². The van der Waals surface area contributed by atoms with Gasteiger partial charge in [-0.2, -0.15) is 0 Å². The summed E-state index contributed by atoms with van der Waals surface area (Å²) in [5, 5.41) is 6.56. The van der Waals surface area contributed by atoms with Crippen molar-refractivity contribution in [1.82, 2.24) is 9.97 Å². The molecule has 0 atom stereocenters. The highest BCUT2D eigenvalue weighted by Gasteiger charge is 2.00. The Hall–Kier alpha value is -1.32. The number of unbranched alkanes of at least 4 members (excludes halogenated alkanes) is 3. The fourth-order valence-electron chi connectivity index (χ4n) is 1.70. The van der Waals surface area contributed by atoms with Crippen LogP contribution in [0.1, 0.15) is 45.4 Å². The first-order valence-corrected chi connectivity index (χ1v) is 6.59. The molecule has 0 spiro atoms. The minimum absolute atomic E-state index is 0.805. The first-order valence-electron chi connectivity index (χ1n) is 6.59. The van der Waals surface area contributed by atoms with Gasteiger partial charge in [0.1, 0.15) is 17.5 Å². The van der Waals surface area contributed by atoms with Crippen molar-refractivity contribution < 1.29 is 0 Å². The van der Waals surface area contributed by atoms with Gasteiger partial charge in [-0.3, -0.25) is 0 Å². The molecule has 0 saturated heterocycles. The highest BCUT2D eigenvalue weighted by molar-refractivity contribution is 5.47. The van der Waals surface area contributed by atoms with E-state index in [9.17, 15) is 0 Å². The predicted molar refractivity (Wildman–Crippen MR) is 73.6 cm³/mol. The Labute approximate surface area is 104 Å². The van der Waals surface area contributed by atoms with E-state index in [0.29, 0.717) is 0 Å². The van der Waals surface area contributed by atoms with E-state index < -0.39 is 0 Å². The molecule has 1 heterocycles. The second kappa shape index (κ2) is 7.87. The van der Waals surface area contributed by atoms with Crippen molar-refractivity contribution in [1.29, 1.82) is 0 Å². The number of aryl methyl sites for hydroxylation is 1. The quantitative estimate of drug-likeness (QED) is 0.680. The summed E-state index contributed by atoms with van der Waals surface area (Å²) >= 11 is 0. The van der Waals surface area contributed by atoms with Crippen molar-refractivity contribution in [3.63, 3.8) is 0 Å². The Morgan fingerprint density at radius 2 is 1.71 bits per heavy atom. The lowest BCUT2D eigenvalue weighted by molar-refractivity contribution is 0.684. The van der Waals surface area contributed by atoms with E-state index >= 15 is 0 Å². The summed E-state index contributed by atoms with van der Waals surface area (Å²) in [5.41, 5.74) is 0. The lowest BCUT2D eigenvalue weighted by Gasteiger charge is -2.09. The van der Waals surface area contributed by atoms with Crippen molar-refractivity contribution in [3.05, 3.63) is 11.9 Å². The molecule has 4 nitrogen and oxygen atoms in total. The molecule has 0 unspecified atom stereocenters. The molecule has 0 aliphatic heterocycles. The molecule has 0 bridgehead atoms. The lowest BCUT2D eigenvalue weighted by Crippen LogP contribution is -2.07. The Balaban J connectivity index is 2.41. The molecule has 4 heteroatoms. The van der Waals surface area contributed by atoms with Gasteiger partial charge in [0.25, 0.3) is 0 Å².